The minimum atomic E-state index is -0.986. The van der Waals surface area contributed by atoms with Crippen LogP contribution in [0.25, 0.3) is 10.9 Å². The van der Waals surface area contributed by atoms with Gasteiger partial charge in [-0.15, -0.1) is 0 Å². The van der Waals surface area contributed by atoms with Crippen molar-refractivity contribution in [1.29, 1.82) is 0 Å². The molecule has 0 spiro atoms. The summed E-state index contributed by atoms with van der Waals surface area (Å²) in [6.45, 7) is 8.25. The Morgan fingerprint density at radius 3 is 2.71 bits per heavy atom. The molecule has 5 rings (SSSR count). The van der Waals surface area contributed by atoms with Crippen molar-refractivity contribution in [3.63, 3.8) is 0 Å². The zero-order chi connectivity index (χ0) is 25.0. The molecule has 35 heavy (non-hydrogen) atoms. The van der Waals surface area contributed by atoms with E-state index < -0.39 is 11.0 Å². The number of aryl methyl sites for hydroxylation is 2. The van der Waals surface area contributed by atoms with Gasteiger partial charge in [0.05, 0.1) is 23.1 Å². The third-order valence-corrected chi connectivity index (χ3v) is 7.57. The second-order valence-electron chi connectivity index (χ2n) is 10.1. The summed E-state index contributed by atoms with van der Waals surface area (Å²) in [4.78, 5) is 20.1. The number of rotatable bonds is 5. The molecule has 4 aromatic rings. The summed E-state index contributed by atoms with van der Waals surface area (Å²) >= 11 is 1.28. The van der Waals surface area contributed by atoms with Gasteiger partial charge in [0.15, 0.2) is 5.69 Å². The van der Waals surface area contributed by atoms with Crippen LogP contribution in [0.5, 0.6) is 0 Å². The van der Waals surface area contributed by atoms with Crippen LogP contribution < -0.4 is 0 Å². The standard InChI is InChI=1S/C26H28FN5O2S/c1-16-5-8-21-19(11-16)22(30-32(21)13-25(3,4)34)23(33)31-10-9-26(14-31,24-28-15-29-35-24)18-7-6-17(2)20(27)12-18/h5-8,11-12,15,34H,9-10,13-14H2,1-4H3/t26-/m0/s1. The van der Waals surface area contributed by atoms with Crippen molar-refractivity contribution >= 4 is 28.3 Å². The molecule has 2 aromatic heterocycles. The molecule has 182 valence electrons. The van der Waals surface area contributed by atoms with Crippen LogP contribution >= 0.6 is 11.5 Å². The molecular formula is C26H28FN5O2S. The number of halogens is 1. The summed E-state index contributed by atoms with van der Waals surface area (Å²) in [6, 6.07) is 11.1. The topological polar surface area (TPSA) is 84.1 Å². The molecule has 1 amide bonds. The molecule has 1 fully saturated rings. The van der Waals surface area contributed by atoms with Crippen LogP contribution in [0.4, 0.5) is 4.39 Å². The van der Waals surface area contributed by atoms with E-state index in [2.05, 4.69) is 14.5 Å². The van der Waals surface area contributed by atoms with E-state index in [1.807, 2.05) is 31.2 Å². The smallest absolute Gasteiger partial charge is 0.275 e. The highest BCUT2D eigenvalue weighted by atomic mass is 32.1. The Labute approximate surface area is 207 Å². The lowest BCUT2D eigenvalue weighted by atomic mass is 9.80. The van der Waals surface area contributed by atoms with Gasteiger partial charge in [0, 0.05) is 18.5 Å². The lowest BCUT2D eigenvalue weighted by Crippen LogP contribution is -2.36. The Balaban J connectivity index is 1.55. The van der Waals surface area contributed by atoms with Crippen molar-refractivity contribution < 1.29 is 14.3 Å². The Morgan fingerprint density at radius 1 is 1.23 bits per heavy atom. The second kappa shape index (κ2) is 8.49. The molecule has 1 saturated heterocycles. The number of amides is 1. The van der Waals surface area contributed by atoms with Gasteiger partial charge in [-0.05, 0) is 75.0 Å². The van der Waals surface area contributed by atoms with Crippen molar-refractivity contribution in [2.24, 2.45) is 0 Å². The van der Waals surface area contributed by atoms with Crippen LogP contribution in [0, 0.1) is 19.7 Å². The minimum absolute atomic E-state index is 0.186. The molecule has 7 nitrogen and oxygen atoms in total. The number of likely N-dealkylation sites (tertiary alicyclic amines) is 1. The van der Waals surface area contributed by atoms with Crippen LogP contribution in [-0.4, -0.2) is 53.7 Å². The number of carbonyl (C=O) groups excluding carboxylic acids is 1. The predicted molar refractivity (Wildman–Crippen MR) is 133 cm³/mol. The van der Waals surface area contributed by atoms with E-state index in [1.54, 1.807) is 42.5 Å². The highest BCUT2D eigenvalue weighted by molar-refractivity contribution is 7.05. The maximum absolute atomic E-state index is 14.6. The van der Waals surface area contributed by atoms with Gasteiger partial charge in [0.2, 0.25) is 0 Å². The summed E-state index contributed by atoms with van der Waals surface area (Å²) in [7, 11) is 0. The number of carbonyl (C=O) groups is 1. The largest absolute Gasteiger partial charge is 0.389 e. The molecule has 1 aliphatic heterocycles. The van der Waals surface area contributed by atoms with E-state index in [1.165, 1.54) is 17.9 Å². The van der Waals surface area contributed by atoms with Crippen LogP contribution in [0.2, 0.25) is 0 Å². The first-order valence-corrected chi connectivity index (χ1v) is 12.4. The number of nitrogens with zero attached hydrogens (tertiary/aromatic N) is 5. The fourth-order valence-corrected chi connectivity index (χ4v) is 5.63. The van der Waals surface area contributed by atoms with Crippen LogP contribution in [0.1, 0.15) is 52.5 Å². The quantitative estimate of drug-likeness (QED) is 0.449. The lowest BCUT2D eigenvalue weighted by Gasteiger charge is -2.27. The summed E-state index contributed by atoms with van der Waals surface area (Å²) in [6.07, 6.45) is 2.11. The molecule has 3 heterocycles. The fraction of sp³-hybridized carbons (Fsp3) is 0.385. The fourth-order valence-electron chi connectivity index (χ4n) is 4.88. The summed E-state index contributed by atoms with van der Waals surface area (Å²) in [5.74, 6) is -0.461. The summed E-state index contributed by atoms with van der Waals surface area (Å²) in [5.41, 5.74) is 1.93. The van der Waals surface area contributed by atoms with Gasteiger partial charge in [-0.1, -0.05) is 23.8 Å². The van der Waals surface area contributed by atoms with Gasteiger partial charge in [-0.2, -0.15) is 9.47 Å². The molecule has 1 atom stereocenters. The molecule has 2 aromatic carbocycles. The normalized spacial score (nSPS) is 18.5. The first-order chi connectivity index (χ1) is 16.6. The van der Waals surface area contributed by atoms with Gasteiger partial charge in [-0.25, -0.2) is 9.37 Å². The minimum Gasteiger partial charge on any atom is -0.389 e. The molecule has 1 N–H and O–H groups in total. The maximum Gasteiger partial charge on any atom is 0.275 e. The van der Waals surface area contributed by atoms with Crippen molar-refractivity contribution in [2.45, 2.75) is 51.7 Å². The molecule has 1 aliphatic rings. The van der Waals surface area contributed by atoms with Crippen molar-refractivity contribution in [3.05, 3.63) is 75.9 Å². The van der Waals surface area contributed by atoms with E-state index in [-0.39, 0.29) is 18.3 Å². The monoisotopic (exact) mass is 493 g/mol. The first-order valence-electron chi connectivity index (χ1n) is 11.6. The molecule has 9 heteroatoms. The van der Waals surface area contributed by atoms with Gasteiger partial charge >= 0.3 is 0 Å². The molecular weight excluding hydrogens is 465 g/mol. The van der Waals surface area contributed by atoms with Crippen LogP contribution in [0.3, 0.4) is 0 Å². The Hall–Kier alpha value is -3.17. The Kier molecular flexibility index (Phi) is 5.72. The molecule has 0 radical (unpaired) electrons. The second-order valence-corrected chi connectivity index (χ2v) is 10.9. The number of hydrogen-bond acceptors (Lipinski definition) is 6. The predicted octanol–water partition coefficient (Wildman–Crippen LogP) is 4.25. The maximum atomic E-state index is 14.6. The third-order valence-electron chi connectivity index (χ3n) is 6.70. The van der Waals surface area contributed by atoms with Gasteiger partial charge in [0.25, 0.3) is 5.91 Å². The average molecular weight is 494 g/mol. The summed E-state index contributed by atoms with van der Waals surface area (Å²) in [5, 5.41) is 16.6. The highest BCUT2D eigenvalue weighted by Crippen LogP contribution is 2.42. The number of benzene rings is 2. The summed E-state index contributed by atoms with van der Waals surface area (Å²) < 4.78 is 20.5. The molecule has 0 aliphatic carbocycles. The average Bonchev–Trinajstić information content (AvgIpc) is 3.53. The van der Waals surface area contributed by atoms with Gasteiger partial charge in [-0.3, -0.25) is 9.48 Å². The number of aliphatic hydroxyl groups is 1. The zero-order valence-electron chi connectivity index (χ0n) is 20.2. The van der Waals surface area contributed by atoms with E-state index >= 15 is 0 Å². The number of hydrogen-bond donors (Lipinski definition) is 1. The molecule has 0 bridgehead atoms. The number of aromatic nitrogens is 4. The van der Waals surface area contributed by atoms with Gasteiger partial charge < -0.3 is 10.0 Å². The lowest BCUT2D eigenvalue weighted by molar-refractivity contribution is 0.0583. The number of fused-ring (bicyclic) bond motifs is 1. The van der Waals surface area contributed by atoms with Crippen molar-refractivity contribution in [2.75, 3.05) is 13.1 Å². The van der Waals surface area contributed by atoms with Gasteiger partial charge in [0.1, 0.15) is 17.2 Å². The Morgan fingerprint density at radius 2 is 2.03 bits per heavy atom. The van der Waals surface area contributed by atoms with E-state index in [0.717, 1.165) is 27.0 Å². The Bertz CT molecular complexity index is 1410. The van der Waals surface area contributed by atoms with Crippen molar-refractivity contribution in [1.82, 2.24) is 24.0 Å². The van der Waals surface area contributed by atoms with E-state index in [0.29, 0.717) is 30.8 Å². The van der Waals surface area contributed by atoms with Crippen LogP contribution in [-0.2, 0) is 12.0 Å². The molecule has 0 saturated carbocycles. The molecule has 0 unspecified atom stereocenters. The third kappa shape index (κ3) is 4.23. The zero-order valence-corrected chi connectivity index (χ0v) is 21.1. The SMILES string of the molecule is Cc1ccc2c(c1)c(C(=O)N1CC[C@](c3ccc(C)c(F)c3)(c3ncns3)C1)nn2CC(C)(C)O. The van der Waals surface area contributed by atoms with E-state index in [4.69, 9.17) is 0 Å². The van der Waals surface area contributed by atoms with E-state index in [9.17, 15) is 14.3 Å². The van der Waals surface area contributed by atoms with Crippen LogP contribution in [0.15, 0.2) is 42.7 Å². The highest BCUT2D eigenvalue weighted by Gasteiger charge is 2.46. The first kappa shape index (κ1) is 23.6. The van der Waals surface area contributed by atoms with Crippen molar-refractivity contribution in [3.8, 4) is 0 Å².